The second-order valence-electron chi connectivity index (χ2n) is 6.41. The summed E-state index contributed by atoms with van der Waals surface area (Å²) in [6.07, 6.45) is 0.383. The van der Waals surface area contributed by atoms with Gasteiger partial charge >= 0.3 is 5.97 Å². The lowest BCUT2D eigenvalue weighted by Crippen LogP contribution is -2.44. The minimum Gasteiger partial charge on any atom is -0.469 e. The van der Waals surface area contributed by atoms with Crippen molar-refractivity contribution in [1.29, 1.82) is 0 Å². The Labute approximate surface area is 149 Å². The summed E-state index contributed by atoms with van der Waals surface area (Å²) in [6.45, 7) is 8.23. The van der Waals surface area contributed by atoms with Crippen molar-refractivity contribution in [3.63, 3.8) is 0 Å². The van der Waals surface area contributed by atoms with E-state index < -0.39 is 39.0 Å². The molecule has 142 valence electrons. The summed E-state index contributed by atoms with van der Waals surface area (Å²) in [5.74, 6) is -2.68. The number of nitrogens with zero attached hydrogens (tertiary/aromatic N) is 2. The normalized spacial score (nSPS) is 15.3. The Balaban J connectivity index is 2.84. The van der Waals surface area contributed by atoms with Gasteiger partial charge in [0.15, 0.2) is 0 Å². The molecule has 1 aromatic heterocycles. The molecule has 0 saturated carbocycles. The first kappa shape index (κ1) is 21.1. The molecule has 1 aromatic rings. The summed E-state index contributed by atoms with van der Waals surface area (Å²) in [5.41, 5.74) is 2.68. The molecule has 1 N–H and O–H groups in total. The van der Waals surface area contributed by atoms with Crippen LogP contribution in [0.1, 0.15) is 37.7 Å². The van der Waals surface area contributed by atoms with Crippen LogP contribution in [-0.2, 0) is 37.8 Å². The van der Waals surface area contributed by atoms with Crippen LogP contribution >= 0.6 is 0 Å². The van der Waals surface area contributed by atoms with Crippen LogP contribution in [0.25, 0.3) is 0 Å². The highest BCUT2D eigenvalue weighted by Crippen LogP contribution is 2.18. The lowest BCUT2D eigenvalue weighted by Gasteiger charge is -2.20. The van der Waals surface area contributed by atoms with Gasteiger partial charge in [-0.15, -0.1) is 0 Å². The lowest BCUT2D eigenvalue weighted by atomic mass is 9.99. The second-order valence-corrected chi connectivity index (χ2v) is 8.44. The molecule has 1 rings (SSSR count). The fraction of sp³-hybridized carbons (Fsp3) is 0.688. The van der Waals surface area contributed by atoms with E-state index in [2.05, 4.69) is 14.6 Å². The first-order valence-corrected chi connectivity index (χ1v) is 9.59. The standard InChI is InChI=1S/C16H27N3O5S/c1-9(8-14-11(3)17-19(6)12(14)4)15(20)18-25(22,23)13(5)10(2)16(21)24-7/h9-10,13H,8H2,1-7H3,(H,18,20)/t9-,10-,13+/m1/s1. The molecule has 0 bridgehead atoms. The largest absolute Gasteiger partial charge is 0.469 e. The van der Waals surface area contributed by atoms with Crippen molar-refractivity contribution in [2.45, 2.75) is 46.3 Å². The maximum Gasteiger partial charge on any atom is 0.309 e. The van der Waals surface area contributed by atoms with E-state index in [1.54, 1.807) is 11.6 Å². The number of methoxy groups -OCH3 is 1. The zero-order valence-corrected chi connectivity index (χ0v) is 16.6. The second kappa shape index (κ2) is 7.99. The van der Waals surface area contributed by atoms with Crippen LogP contribution in [0, 0.1) is 25.7 Å². The van der Waals surface area contributed by atoms with Gasteiger partial charge in [-0.3, -0.25) is 19.0 Å². The van der Waals surface area contributed by atoms with Gasteiger partial charge in [-0.2, -0.15) is 5.10 Å². The minimum absolute atomic E-state index is 0.383. The summed E-state index contributed by atoms with van der Waals surface area (Å²) in [5, 5.41) is 3.21. The van der Waals surface area contributed by atoms with Gasteiger partial charge < -0.3 is 4.74 Å². The van der Waals surface area contributed by atoms with Crippen molar-refractivity contribution in [2.24, 2.45) is 18.9 Å². The summed E-state index contributed by atoms with van der Waals surface area (Å²) in [7, 11) is -0.979. The number of ether oxygens (including phenoxy) is 1. The van der Waals surface area contributed by atoms with Crippen molar-refractivity contribution in [1.82, 2.24) is 14.5 Å². The van der Waals surface area contributed by atoms with Gasteiger partial charge in [0.05, 0.1) is 24.0 Å². The summed E-state index contributed by atoms with van der Waals surface area (Å²) < 4.78 is 33.1. The van der Waals surface area contributed by atoms with Crippen molar-refractivity contribution in [3.05, 3.63) is 17.0 Å². The number of nitrogens with one attached hydrogen (secondary N) is 1. The molecule has 0 aliphatic rings. The summed E-state index contributed by atoms with van der Waals surface area (Å²) in [4.78, 5) is 23.9. The number of amides is 1. The van der Waals surface area contributed by atoms with Gasteiger partial charge in [-0.25, -0.2) is 8.42 Å². The molecule has 9 heteroatoms. The molecule has 25 heavy (non-hydrogen) atoms. The highest BCUT2D eigenvalue weighted by molar-refractivity contribution is 7.90. The van der Waals surface area contributed by atoms with E-state index >= 15 is 0 Å². The van der Waals surface area contributed by atoms with Crippen LogP contribution in [0.5, 0.6) is 0 Å². The molecule has 0 aromatic carbocycles. The van der Waals surface area contributed by atoms with Gasteiger partial charge in [-0.05, 0) is 32.8 Å². The predicted molar refractivity (Wildman–Crippen MR) is 93.3 cm³/mol. The van der Waals surface area contributed by atoms with Crippen LogP contribution < -0.4 is 4.72 Å². The molecular formula is C16H27N3O5S. The first-order valence-electron chi connectivity index (χ1n) is 8.04. The third-order valence-corrected chi connectivity index (χ3v) is 6.50. The Morgan fingerprint density at radius 2 is 1.80 bits per heavy atom. The number of carbonyl (C=O) groups excluding carboxylic acids is 2. The molecule has 0 fully saturated rings. The number of carbonyl (C=O) groups is 2. The first-order chi connectivity index (χ1) is 11.4. The Kier molecular flexibility index (Phi) is 6.75. The number of aromatic nitrogens is 2. The van der Waals surface area contributed by atoms with Gasteiger partial charge in [0.2, 0.25) is 15.9 Å². The average Bonchev–Trinajstić information content (AvgIpc) is 2.78. The zero-order valence-electron chi connectivity index (χ0n) is 15.8. The number of hydrogen-bond acceptors (Lipinski definition) is 6. The molecular weight excluding hydrogens is 346 g/mol. The third kappa shape index (κ3) is 4.81. The molecule has 0 spiro atoms. The molecule has 0 aliphatic carbocycles. The number of aryl methyl sites for hydroxylation is 2. The minimum atomic E-state index is -3.99. The van der Waals surface area contributed by atoms with Gasteiger partial charge in [-0.1, -0.05) is 13.8 Å². The quantitative estimate of drug-likeness (QED) is 0.710. The highest BCUT2D eigenvalue weighted by atomic mass is 32.2. The van der Waals surface area contributed by atoms with Crippen molar-refractivity contribution in [3.8, 4) is 0 Å². The highest BCUT2D eigenvalue weighted by Gasteiger charge is 2.34. The van der Waals surface area contributed by atoms with Crippen molar-refractivity contribution >= 4 is 21.9 Å². The van der Waals surface area contributed by atoms with Crippen LogP contribution in [-0.4, -0.2) is 42.4 Å². The van der Waals surface area contributed by atoms with Crippen LogP contribution in [0.4, 0.5) is 0 Å². The van der Waals surface area contributed by atoms with Crippen molar-refractivity contribution in [2.75, 3.05) is 7.11 Å². The number of sulfonamides is 1. The number of rotatable bonds is 7. The maximum absolute atomic E-state index is 12.3. The van der Waals surface area contributed by atoms with Gasteiger partial charge in [0, 0.05) is 18.7 Å². The SMILES string of the molecule is COC(=O)[C@H](C)[C@H](C)S(=O)(=O)NC(=O)[C@H](C)Cc1c(C)nn(C)c1C. The summed E-state index contributed by atoms with van der Waals surface area (Å²) >= 11 is 0. The maximum atomic E-state index is 12.3. The molecule has 8 nitrogen and oxygen atoms in total. The summed E-state index contributed by atoms with van der Waals surface area (Å²) in [6, 6.07) is 0. The topological polar surface area (TPSA) is 107 Å². The van der Waals surface area contributed by atoms with E-state index in [1.165, 1.54) is 21.0 Å². The number of esters is 1. The zero-order chi connectivity index (χ0) is 19.5. The van der Waals surface area contributed by atoms with Crippen LogP contribution in [0.3, 0.4) is 0 Å². The smallest absolute Gasteiger partial charge is 0.309 e. The van der Waals surface area contributed by atoms with Crippen LogP contribution in [0.2, 0.25) is 0 Å². The Bertz CT molecular complexity index is 754. The molecule has 3 atom stereocenters. The fourth-order valence-corrected chi connectivity index (χ4v) is 3.81. The Morgan fingerprint density at radius 1 is 1.24 bits per heavy atom. The van der Waals surface area contributed by atoms with Gasteiger partial charge in [0.25, 0.3) is 0 Å². The molecule has 0 saturated heterocycles. The Morgan fingerprint density at radius 3 is 2.24 bits per heavy atom. The predicted octanol–water partition coefficient (Wildman–Crippen LogP) is 0.859. The average molecular weight is 373 g/mol. The fourth-order valence-electron chi connectivity index (χ4n) is 2.49. The van der Waals surface area contributed by atoms with E-state index in [-0.39, 0.29) is 0 Å². The van der Waals surface area contributed by atoms with E-state index in [9.17, 15) is 18.0 Å². The van der Waals surface area contributed by atoms with E-state index in [4.69, 9.17) is 0 Å². The lowest BCUT2D eigenvalue weighted by molar-refractivity contribution is -0.144. The third-order valence-electron chi connectivity index (χ3n) is 4.63. The number of hydrogen-bond donors (Lipinski definition) is 1. The molecule has 0 radical (unpaired) electrons. The molecule has 1 heterocycles. The monoisotopic (exact) mass is 373 g/mol. The van der Waals surface area contributed by atoms with Gasteiger partial charge in [0.1, 0.15) is 0 Å². The van der Waals surface area contributed by atoms with Crippen LogP contribution in [0.15, 0.2) is 0 Å². The Hall–Kier alpha value is -1.90. The van der Waals surface area contributed by atoms with E-state index in [0.717, 1.165) is 17.0 Å². The molecule has 1 amide bonds. The van der Waals surface area contributed by atoms with Crippen molar-refractivity contribution < 1.29 is 22.7 Å². The molecule has 0 unspecified atom stereocenters. The van der Waals surface area contributed by atoms with E-state index in [1.807, 2.05) is 20.9 Å². The molecule has 0 aliphatic heterocycles. The van der Waals surface area contributed by atoms with E-state index in [0.29, 0.717) is 6.42 Å².